The predicted molar refractivity (Wildman–Crippen MR) is 168 cm³/mol. The van der Waals surface area contributed by atoms with E-state index < -0.39 is 23.8 Å². The molecule has 0 saturated carbocycles. The summed E-state index contributed by atoms with van der Waals surface area (Å²) >= 11 is 0. The molecule has 43 heavy (non-hydrogen) atoms. The summed E-state index contributed by atoms with van der Waals surface area (Å²) in [4.78, 5) is 25.2. The van der Waals surface area contributed by atoms with Crippen molar-refractivity contribution in [1.82, 2.24) is 0 Å². The van der Waals surface area contributed by atoms with Gasteiger partial charge in [-0.15, -0.1) is 0 Å². The molecule has 0 radical (unpaired) electrons. The largest absolute Gasteiger partial charge is 0.458 e. The highest BCUT2D eigenvalue weighted by Gasteiger charge is 2.46. The number of cyclic esters (lactones) is 1. The maximum absolute atomic E-state index is 12.6. The minimum absolute atomic E-state index is 0.0587. The number of ether oxygens (including phenoxy) is 3. The zero-order valence-corrected chi connectivity index (χ0v) is 26.9. The fraction of sp³-hybridized carbons (Fsp3) is 0.611. The molecule has 10 unspecified atom stereocenters. The number of hydrogen-bond donors (Lipinski definition) is 2. The highest BCUT2D eigenvalue weighted by atomic mass is 16.6. The Bertz CT molecular complexity index is 1140. The average Bonchev–Trinajstić information content (AvgIpc) is 3.74. The number of aliphatic hydroxyl groups excluding tert-OH is 1. The highest BCUT2D eigenvalue weighted by molar-refractivity contribution is 5.89. The Balaban J connectivity index is 1.57. The minimum atomic E-state index is -0.967. The number of carbonyl (C=O) groups is 2. The van der Waals surface area contributed by atoms with Gasteiger partial charge in [0.15, 0.2) is 0 Å². The van der Waals surface area contributed by atoms with Gasteiger partial charge in [-0.3, -0.25) is 4.79 Å². The van der Waals surface area contributed by atoms with Crippen LogP contribution in [0, 0.1) is 23.7 Å². The van der Waals surface area contributed by atoms with Crippen LogP contribution >= 0.6 is 0 Å². The summed E-state index contributed by atoms with van der Waals surface area (Å²) in [6, 6.07) is 9.06. The third kappa shape index (κ3) is 10.4. The van der Waals surface area contributed by atoms with Gasteiger partial charge in [0.05, 0.1) is 35.9 Å². The van der Waals surface area contributed by atoms with Crippen LogP contribution in [0.25, 0.3) is 0 Å². The van der Waals surface area contributed by atoms with E-state index in [4.69, 9.17) is 14.2 Å². The Morgan fingerprint density at radius 1 is 1.19 bits per heavy atom. The fourth-order valence-corrected chi connectivity index (χ4v) is 5.74. The second-order valence-electron chi connectivity index (χ2n) is 12.9. The van der Waals surface area contributed by atoms with Crippen LogP contribution in [0.1, 0.15) is 90.9 Å². The first-order chi connectivity index (χ1) is 20.3. The van der Waals surface area contributed by atoms with Crippen LogP contribution in [0.15, 0.2) is 66.3 Å². The molecule has 1 fully saturated rings. The van der Waals surface area contributed by atoms with Crippen LogP contribution in [-0.4, -0.2) is 58.3 Å². The number of esters is 2. The van der Waals surface area contributed by atoms with Crippen molar-refractivity contribution in [3.8, 4) is 0 Å². The summed E-state index contributed by atoms with van der Waals surface area (Å²) in [5, 5.41) is 21.2. The lowest BCUT2D eigenvalue weighted by molar-refractivity contribution is -0.151. The zero-order chi connectivity index (χ0) is 31.7. The summed E-state index contributed by atoms with van der Waals surface area (Å²) in [6.45, 7) is 13.9. The fourth-order valence-electron chi connectivity index (χ4n) is 5.74. The second kappa shape index (κ2) is 15.8. The van der Waals surface area contributed by atoms with Crippen molar-refractivity contribution in [2.45, 2.75) is 117 Å². The number of epoxide rings is 1. The highest BCUT2D eigenvalue weighted by Crippen LogP contribution is 2.37. The molecule has 0 aliphatic carbocycles. The van der Waals surface area contributed by atoms with E-state index in [-0.39, 0.29) is 54.4 Å². The van der Waals surface area contributed by atoms with Crippen LogP contribution in [-0.2, 0) is 19.0 Å². The quantitative estimate of drug-likeness (QED) is 0.136. The van der Waals surface area contributed by atoms with Gasteiger partial charge in [0.1, 0.15) is 12.2 Å². The molecule has 7 nitrogen and oxygen atoms in total. The third-order valence-corrected chi connectivity index (χ3v) is 9.05. The number of carbonyl (C=O) groups excluding carboxylic acids is 2. The van der Waals surface area contributed by atoms with Gasteiger partial charge in [-0.05, 0) is 63.2 Å². The average molecular weight is 597 g/mol. The summed E-state index contributed by atoms with van der Waals surface area (Å²) < 4.78 is 17.7. The predicted octanol–water partition coefficient (Wildman–Crippen LogP) is 6.59. The molecular weight excluding hydrogens is 544 g/mol. The van der Waals surface area contributed by atoms with Gasteiger partial charge < -0.3 is 24.4 Å². The molecule has 2 N–H and O–H groups in total. The zero-order valence-electron chi connectivity index (χ0n) is 26.9. The van der Waals surface area contributed by atoms with Crippen LogP contribution < -0.4 is 0 Å². The van der Waals surface area contributed by atoms with E-state index in [0.29, 0.717) is 18.4 Å². The molecule has 0 amide bonds. The monoisotopic (exact) mass is 596 g/mol. The van der Waals surface area contributed by atoms with E-state index in [0.717, 1.165) is 18.4 Å². The maximum atomic E-state index is 12.6. The van der Waals surface area contributed by atoms with E-state index in [1.54, 1.807) is 19.1 Å². The topological polar surface area (TPSA) is 106 Å². The maximum Gasteiger partial charge on any atom is 0.338 e. The molecule has 0 bridgehead atoms. The van der Waals surface area contributed by atoms with Gasteiger partial charge >= 0.3 is 11.9 Å². The Hall–Kier alpha value is -2.74. The Labute approximate surface area is 258 Å². The van der Waals surface area contributed by atoms with Gasteiger partial charge in [0.2, 0.25) is 0 Å². The van der Waals surface area contributed by atoms with Gasteiger partial charge in [0, 0.05) is 17.8 Å². The molecule has 2 aliphatic heterocycles. The van der Waals surface area contributed by atoms with Crippen molar-refractivity contribution in [2.75, 3.05) is 0 Å². The Kier molecular flexibility index (Phi) is 12.8. The van der Waals surface area contributed by atoms with E-state index in [2.05, 4.69) is 19.9 Å². The van der Waals surface area contributed by atoms with E-state index in [1.807, 2.05) is 70.2 Å². The molecule has 1 aromatic carbocycles. The smallest absolute Gasteiger partial charge is 0.338 e. The number of hydrogen-bond acceptors (Lipinski definition) is 7. The van der Waals surface area contributed by atoms with Crippen molar-refractivity contribution < 1.29 is 34.0 Å². The van der Waals surface area contributed by atoms with Gasteiger partial charge in [-0.25, -0.2) is 4.79 Å². The molecular formula is C36H52O7. The van der Waals surface area contributed by atoms with Crippen molar-refractivity contribution >= 4 is 11.9 Å². The van der Waals surface area contributed by atoms with E-state index >= 15 is 0 Å². The van der Waals surface area contributed by atoms with Crippen LogP contribution in [0.5, 0.6) is 0 Å². The molecule has 10 atom stereocenters. The van der Waals surface area contributed by atoms with Crippen molar-refractivity contribution in [1.29, 1.82) is 0 Å². The molecule has 1 saturated heterocycles. The first kappa shape index (κ1) is 34.7. The lowest BCUT2D eigenvalue weighted by Crippen LogP contribution is -2.34. The van der Waals surface area contributed by atoms with E-state index in [1.165, 1.54) is 0 Å². The minimum Gasteiger partial charge on any atom is -0.458 e. The number of aliphatic hydroxyl groups is 2. The van der Waals surface area contributed by atoms with Crippen molar-refractivity contribution in [3.63, 3.8) is 0 Å². The molecule has 3 rings (SSSR count). The number of allylic oxidation sites excluding steroid dienone is 3. The SMILES string of the molecule is CCC(OC(=O)c1ccccc1)C(C)C1OC1CC(C)/C=C/C=C(\C)C1OC(=O)CC(O)CCC(C)(O)C(C)/C=C/C1C. The van der Waals surface area contributed by atoms with Gasteiger partial charge in [0.25, 0.3) is 0 Å². The third-order valence-electron chi connectivity index (χ3n) is 9.05. The van der Waals surface area contributed by atoms with E-state index in [9.17, 15) is 19.8 Å². The standard InChI is InChI=1S/C36H52O7/c1-8-30(42-35(39)28-15-10-9-11-16-28)27(6)34-31(41-34)21-23(2)13-12-14-24(3)33-25(4)17-18-26(5)36(7,40)20-19-29(37)22-32(38)43-33/h9-18,23,25-27,29-31,33-34,37,40H,8,19-22H2,1-7H3/b13-12+,18-17+,24-14+. The van der Waals surface area contributed by atoms with Crippen molar-refractivity contribution in [2.24, 2.45) is 23.7 Å². The second-order valence-corrected chi connectivity index (χ2v) is 12.9. The molecule has 1 aromatic rings. The summed E-state index contributed by atoms with van der Waals surface area (Å²) in [5.74, 6) is -0.608. The molecule has 0 spiro atoms. The Morgan fingerprint density at radius 2 is 1.88 bits per heavy atom. The van der Waals surface area contributed by atoms with Crippen molar-refractivity contribution in [3.05, 3.63) is 71.8 Å². The van der Waals surface area contributed by atoms with Gasteiger partial charge in [-0.1, -0.05) is 83.2 Å². The molecule has 2 aliphatic rings. The molecule has 0 aromatic heterocycles. The molecule has 7 heteroatoms. The molecule has 238 valence electrons. The normalized spacial score (nSPS) is 33.4. The Morgan fingerprint density at radius 3 is 2.56 bits per heavy atom. The lowest BCUT2D eigenvalue weighted by Gasteiger charge is -2.31. The first-order valence-corrected chi connectivity index (χ1v) is 15.9. The summed E-state index contributed by atoms with van der Waals surface area (Å²) in [7, 11) is 0. The molecule has 2 heterocycles. The van der Waals surface area contributed by atoms with Crippen LogP contribution in [0.4, 0.5) is 0 Å². The lowest BCUT2D eigenvalue weighted by atomic mass is 9.84. The summed E-state index contributed by atoms with van der Waals surface area (Å²) in [6.07, 6.45) is 10.9. The summed E-state index contributed by atoms with van der Waals surface area (Å²) in [5.41, 5.74) is 0.492. The van der Waals surface area contributed by atoms with Crippen LogP contribution in [0.2, 0.25) is 0 Å². The first-order valence-electron chi connectivity index (χ1n) is 15.9. The number of benzene rings is 1. The van der Waals surface area contributed by atoms with Crippen LogP contribution in [0.3, 0.4) is 0 Å². The van der Waals surface area contributed by atoms with Gasteiger partial charge in [-0.2, -0.15) is 0 Å². The number of rotatable bonds is 10.